The Morgan fingerprint density at radius 3 is 2.00 bits per heavy atom. The molecule has 0 spiro atoms. The average molecular weight is 745 g/mol. The van der Waals surface area contributed by atoms with Crippen LogP contribution in [0, 0.1) is 5.82 Å². The van der Waals surface area contributed by atoms with Crippen LogP contribution in [0.2, 0.25) is 0 Å². The summed E-state index contributed by atoms with van der Waals surface area (Å²) >= 11 is 0. The van der Waals surface area contributed by atoms with Gasteiger partial charge in [-0.25, -0.2) is 4.39 Å². The molecular weight excluding hydrogens is 700 g/mol. The predicted octanol–water partition coefficient (Wildman–Crippen LogP) is 7.37. The van der Waals surface area contributed by atoms with Crippen molar-refractivity contribution in [3.63, 3.8) is 0 Å². The van der Waals surface area contributed by atoms with E-state index in [0.29, 0.717) is 30.6 Å². The summed E-state index contributed by atoms with van der Waals surface area (Å²) in [7, 11) is 3.38. The second-order valence-corrected chi connectivity index (χ2v) is 14.7. The van der Waals surface area contributed by atoms with Crippen molar-refractivity contribution in [2.75, 3.05) is 27.2 Å². The Bertz CT molecular complexity index is 2200. The zero-order valence-electron chi connectivity index (χ0n) is 31.6. The number of pyridine rings is 1. The summed E-state index contributed by atoms with van der Waals surface area (Å²) in [6, 6.07) is 41.0. The van der Waals surface area contributed by atoms with Crippen LogP contribution in [0.1, 0.15) is 53.1 Å². The summed E-state index contributed by atoms with van der Waals surface area (Å²) in [4.78, 5) is 35.6. The van der Waals surface area contributed by atoms with E-state index in [0.717, 1.165) is 52.1 Å². The summed E-state index contributed by atoms with van der Waals surface area (Å²) in [6.07, 6.45) is 9.46. The standard InChI is InChI=1S/C47H45FN6O2/c1-52(2)46(56)44(39-22-12-13-23-41(39)48)53-30-14-21-38(32-53)50-45(55)34-24-25-42-40(31-34)43(33-26-28-49-29-27-33)51-54(42)47(35-15-6-3-7-16-35,36-17-8-4-9-18-36)37-19-10-5-11-20-37/h3-13,15-20,22-29,38,44,51H,14,21,30-32H2,1-2H3,(H,50,55)/t38-,44?/m1/s1. The second-order valence-electron chi connectivity index (χ2n) is 14.7. The number of likely N-dealkylation sites (N-methyl/N-ethyl adjacent to an activating group) is 1. The molecule has 4 aromatic carbocycles. The number of aromatic nitrogens is 1. The lowest BCUT2D eigenvalue weighted by Crippen LogP contribution is -2.52. The van der Waals surface area contributed by atoms with Gasteiger partial charge >= 0.3 is 0 Å². The first kappa shape index (κ1) is 36.6. The van der Waals surface area contributed by atoms with Crippen molar-refractivity contribution in [1.82, 2.24) is 30.5 Å². The van der Waals surface area contributed by atoms with Gasteiger partial charge in [0.05, 0.1) is 11.4 Å². The number of hydrogen-bond acceptors (Lipinski definition) is 6. The van der Waals surface area contributed by atoms with Gasteiger partial charge in [0.15, 0.2) is 0 Å². The van der Waals surface area contributed by atoms with Gasteiger partial charge in [0.2, 0.25) is 11.8 Å². The number of likely N-dealkylation sites (tertiary alicyclic amines) is 1. The van der Waals surface area contributed by atoms with Crippen LogP contribution in [-0.4, -0.2) is 64.8 Å². The summed E-state index contributed by atoms with van der Waals surface area (Å²) < 4.78 is 15.1. The van der Waals surface area contributed by atoms with Crippen LogP contribution in [0.4, 0.5) is 4.39 Å². The Kier molecular flexibility index (Phi) is 10.3. The monoisotopic (exact) mass is 744 g/mol. The predicted molar refractivity (Wildman–Crippen MR) is 217 cm³/mol. The second kappa shape index (κ2) is 15.8. The van der Waals surface area contributed by atoms with Crippen molar-refractivity contribution in [2.45, 2.75) is 36.9 Å². The first-order valence-electron chi connectivity index (χ1n) is 19.1. The first-order valence-corrected chi connectivity index (χ1v) is 19.1. The minimum absolute atomic E-state index is 0.158. The molecule has 2 atom stereocenters. The van der Waals surface area contributed by atoms with Gasteiger partial charge in [-0.05, 0) is 60.4 Å². The molecule has 1 fully saturated rings. The molecule has 8 rings (SSSR count). The zero-order valence-corrected chi connectivity index (χ0v) is 31.6. The van der Waals surface area contributed by atoms with Gasteiger partial charge in [0, 0.05) is 67.8 Å². The lowest BCUT2D eigenvalue weighted by atomic mass is 9.75. The molecule has 1 aromatic heterocycles. The number of hydrazine groups is 1. The van der Waals surface area contributed by atoms with E-state index >= 15 is 4.39 Å². The largest absolute Gasteiger partial charge is 0.348 e. The molecule has 282 valence electrons. The number of hydrogen-bond donors (Lipinski definition) is 2. The van der Waals surface area contributed by atoms with Crippen molar-refractivity contribution in [1.29, 1.82) is 0 Å². The number of allylic oxidation sites excluding steroid dienone is 3. The Balaban J connectivity index is 1.16. The van der Waals surface area contributed by atoms with Gasteiger partial charge in [-0.15, -0.1) is 0 Å². The van der Waals surface area contributed by atoms with Crippen LogP contribution in [0.25, 0.3) is 5.70 Å². The summed E-state index contributed by atoms with van der Waals surface area (Å²) in [6.45, 7) is 1.04. The Hall–Kier alpha value is -6.32. The van der Waals surface area contributed by atoms with E-state index in [9.17, 15) is 9.59 Å². The average Bonchev–Trinajstić information content (AvgIpc) is 3.62. The highest BCUT2D eigenvalue weighted by molar-refractivity contribution is 5.96. The molecule has 8 nitrogen and oxygen atoms in total. The molecule has 3 heterocycles. The maximum absolute atomic E-state index is 15.1. The molecule has 9 heteroatoms. The van der Waals surface area contributed by atoms with Gasteiger partial charge in [-0.3, -0.25) is 29.9 Å². The number of amides is 2. The SMILES string of the molecule is CN(C)C(=O)C(c1ccccc1F)N1CCC[C@@H](NC(=O)C2=CC=C3C(=C(c4ccncc4)NN3C(c3ccccc3)(c3ccccc3)c3ccccc3)C2)C1. The van der Waals surface area contributed by atoms with Crippen molar-refractivity contribution in [3.8, 4) is 0 Å². The Labute approximate surface area is 327 Å². The van der Waals surface area contributed by atoms with E-state index in [1.165, 1.54) is 11.0 Å². The molecule has 2 aliphatic heterocycles. The highest BCUT2D eigenvalue weighted by Crippen LogP contribution is 2.49. The van der Waals surface area contributed by atoms with E-state index < -0.39 is 17.4 Å². The first-order chi connectivity index (χ1) is 27.4. The molecule has 1 saturated heterocycles. The lowest BCUT2D eigenvalue weighted by Gasteiger charge is -2.45. The number of benzene rings is 4. The molecular formula is C47H45FN6O2. The smallest absolute Gasteiger partial charge is 0.247 e. The number of nitrogens with one attached hydrogen (secondary N) is 2. The fraction of sp³-hybridized carbons (Fsp3) is 0.213. The molecule has 5 aromatic rings. The van der Waals surface area contributed by atoms with E-state index in [4.69, 9.17) is 0 Å². The van der Waals surface area contributed by atoms with Gasteiger partial charge < -0.3 is 10.2 Å². The maximum atomic E-state index is 15.1. The van der Waals surface area contributed by atoms with Crippen LogP contribution in [0.5, 0.6) is 0 Å². The third kappa shape index (κ3) is 6.79. The van der Waals surface area contributed by atoms with Crippen LogP contribution in [0.3, 0.4) is 0 Å². The highest BCUT2D eigenvalue weighted by atomic mass is 19.1. The highest BCUT2D eigenvalue weighted by Gasteiger charge is 2.48. The van der Waals surface area contributed by atoms with Gasteiger partial charge in [-0.1, -0.05) is 115 Å². The number of carbonyl (C=O) groups is 2. The summed E-state index contributed by atoms with van der Waals surface area (Å²) in [5, 5.41) is 5.55. The number of halogens is 1. The fourth-order valence-corrected chi connectivity index (χ4v) is 8.45. The van der Waals surface area contributed by atoms with Gasteiger partial charge in [0.25, 0.3) is 0 Å². The molecule has 3 aliphatic rings. The number of rotatable bonds is 10. The molecule has 0 radical (unpaired) electrons. The Morgan fingerprint density at radius 2 is 1.41 bits per heavy atom. The van der Waals surface area contributed by atoms with Crippen molar-refractivity contribution in [2.24, 2.45) is 0 Å². The Morgan fingerprint density at radius 1 is 0.821 bits per heavy atom. The van der Waals surface area contributed by atoms with E-state index in [1.54, 1.807) is 44.7 Å². The molecule has 56 heavy (non-hydrogen) atoms. The minimum atomic E-state index is -0.798. The van der Waals surface area contributed by atoms with Gasteiger partial charge in [0.1, 0.15) is 17.4 Å². The van der Waals surface area contributed by atoms with Gasteiger partial charge in [-0.2, -0.15) is 0 Å². The zero-order chi connectivity index (χ0) is 38.6. The summed E-state index contributed by atoms with van der Waals surface area (Å²) in [5.74, 6) is -0.766. The third-order valence-electron chi connectivity index (χ3n) is 11.1. The lowest BCUT2D eigenvalue weighted by molar-refractivity contribution is -0.135. The molecule has 2 amide bonds. The maximum Gasteiger partial charge on any atom is 0.247 e. The molecule has 1 aliphatic carbocycles. The van der Waals surface area contributed by atoms with Crippen molar-refractivity contribution >= 4 is 17.5 Å². The number of carbonyl (C=O) groups excluding carboxylic acids is 2. The quantitative estimate of drug-likeness (QED) is 0.146. The minimum Gasteiger partial charge on any atom is -0.348 e. The summed E-state index contributed by atoms with van der Waals surface area (Å²) in [5.41, 5.74) is 11.1. The van der Waals surface area contributed by atoms with Crippen LogP contribution in [0.15, 0.2) is 169 Å². The van der Waals surface area contributed by atoms with E-state index in [2.05, 4.69) is 99.6 Å². The third-order valence-corrected chi connectivity index (χ3v) is 11.1. The molecule has 2 N–H and O–H groups in total. The normalized spacial score (nSPS) is 17.6. The topological polar surface area (TPSA) is 80.8 Å². The number of fused-ring (bicyclic) bond motifs is 1. The number of nitrogens with zero attached hydrogens (tertiary/aromatic N) is 4. The van der Waals surface area contributed by atoms with Crippen LogP contribution < -0.4 is 10.7 Å². The van der Waals surface area contributed by atoms with E-state index in [1.807, 2.05) is 41.3 Å². The molecule has 0 bridgehead atoms. The van der Waals surface area contributed by atoms with Crippen molar-refractivity contribution in [3.05, 3.63) is 202 Å². The number of piperidine rings is 1. The van der Waals surface area contributed by atoms with E-state index in [-0.39, 0.29) is 17.9 Å². The fourth-order valence-electron chi connectivity index (χ4n) is 8.45. The van der Waals surface area contributed by atoms with Crippen LogP contribution >= 0.6 is 0 Å². The van der Waals surface area contributed by atoms with Crippen molar-refractivity contribution < 1.29 is 14.0 Å². The van der Waals surface area contributed by atoms with Crippen LogP contribution in [-0.2, 0) is 15.1 Å². The molecule has 0 saturated carbocycles. The molecule has 1 unspecified atom stereocenters.